The summed E-state index contributed by atoms with van der Waals surface area (Å²) in [5.41, 5.74) is 0.600. The zero-order valence-corrected chi connectivity index (χ0v) is 9.03. The maximum atomic E-state index is 9.40. The van der Waals surface area contributed by atoms with Crippen molar-refractivity contribution in [2.24, 2.45) is 0 Å². The van der Waals surface area contributed by atoms with E-state index in [4.69, 9.17) is 4.52 Å². The third-order valence-electron chi connectivity index (χ3n) is 2.37. The third kappa shape index (κ3) is 2.06. The highest BCUT2D eigenvalue weighted by Gasteiger charge is 2.19. The van der Waals surface area contributed by atoms with Crippen LogP contribution in [0.3, 0.4) is 0 Å². The van der Waals surface area contributed by atoms with Crippen LogP contribution in [0.4, 0.5) is 0 Å². The first-order valence-electron chi connectivity index (χ1n) is 4.96. The van der Waals surface area contributed by atoms with Crippen molar-refractivity contribution in [1.82, 2.24) is 20.1 Å². The quantitative estimate of drug-likeness (QED) is 0.830. The summed E-state index contributed by atoms with van der Waals surface area (Å²) in [6, 6.07) is 1.70. The normalized spacial score (nSPS) is 14.7. The van der Waals surface area contributed by atoms with E-state index in [0.717, 1.165) is 0 Å². The number of aromatic nitrogens is 4. The van der Waals surface area contributed by atoms with Crippen molar-refractivity contribution in [3.63, 3.8) is 0 Å². The van der Waals surface area contributed by atoms with Gasteiger partial charge in [0.1, 0.15) is 12.0 Å². The second-order valence-corrected chi connectivity index (χ2v) is 3.58. The molecule has 0 fully saturated rings. The Labute approximate surface area is 92.4 Å². The van der Waals surface area contributed by atoms with Crippen molar-refractivity contribution in [3.05, 3.63) is 24.5 Å². The minimum atomic E-state index is -0.529. The highest BCUT2D eigenvalue weighted by molar-refractivity contribution is 5.46. The maximum absolute atomic E-state index is 9.40. The molecule has 6 heteroatoms. The molecular weight excluding hydrogens is 208 g/mol. The number of nitrogens with zero attached hydrogens (tertiary/aromatic N) is 4. The summed E-state index contributed by atoms with van der Waals surface area (Å²) in [6.07, 6.45) is 2.50. The number of aliphatic hydroxyl groups excluding tert-OH is 1. The Morgan fingerprint density at radius 1 is 1.38 bits per heavy atom. The van der Waals surface area contributed by atoms with Crippen molar-refractivity contribution in [2.75, 3.05) is 0 Å². The minimum Gasteiger partial charge on any atom is -0.393 e. The highest BCUT2D eigenvalue weighted by atomic mass is 16.5. The van der Waals surface area contributed by atoms with Gasteiger partial charge in [0.2, 0.25) is 11.7 Å². The molecule has 0 saturated heterocycles. The monoisotopic (exact) mass is 220 g/mol. The van der Waals surface area contributed by atoms with Crippen molar-refractivity contribution < 1.29 is 9.63 Å². The highest BCUT2D eigenvalue weighted by Crippen LogP contribution is 2.20. The van der Waals surface area contributed by atoms with Crippen LogP contribution in [0.2, 0.25) is 0 Å². The minimum absolute atomic E-state index is 0.192. The molecule has 0 saturated carbocycles. The van der Waals surface area contributed by atoms with Gasteiger partial charge in [0.25, 0.3) is 0 Å². The molecule has 0 aliphatic carbocycles. The van der Waals surface area contributed by atoms with Gasteiger partial charge in [-0.1, -0.05) is 12.1 Å². The van der Waals surface area contributed by atoms with E-state index < -0.39 is 6.10 Å². The van der Waals surface area contributed by atoms with Gasteiger partial charge in [-0.05, 0) is 13.0 Å². The molecule has 2 atom stereocenters. The predicted octanol–water partition coefficient (Wildman–Crippen LogP) is 1.01. The fourth-order valence-corrected chi connectivity index (χ4v) is 1.15. The Morgan fingerprint density at radius 2 is 2.19 bits per heavy atom. The van der Waals surface area contributed by atoms with Gasteiger partial charge >= 0.3 is 0 Å². The van der Waals surface area contributed by atoms with Crippen LogP contribution in [0.5, 0.6) is 0 Å². The van der Waals surface area contributed by atoms with Crippen molar-refractivity contribution in [3.8, 4) is 11.5 Å². The van der Waals surface area contributed by atoms with E-state index in [1.807, 2.05) is 6.92 Å². The van der Waals surface area contributed by atoms with Crippen LogP contribution >= 0.6 is 0 Å². The van der Waals surface area contributed by atoms with E-state index in [0.29, 0.717) is 17.4 Å². The molecule has 0 radical (unpaired) electrons. The molecule has 16 heavy (non-hydrogen) atoms. The lowest BCUT2D eigenvalue weighted by atomic mass is 10.1. The first-order valence-corrected chi connectivity index (χ1v) is 4.96. The lowest BCUT2D eigenvalue weighted by Gasteiger charge is -2.07. The topological polar surface area (TPSA) is 84.9 Å². The lowest BCUT2D eigenvalue weighted by Crippen LogP contribution is -2.11. The van der Waals surface area contributed by atoms with Gasteiger partial charge in [-0.3, -0.25) is 0 Å². The number of hydrogen-bond acceptors (Lipinski definition) is 6. The summed E-state index contributed by atoms with van der Waals surface area (Å²) in [4.78, 5) is 12.0. The fraction of sp³-hybridized carbons (Fsp3) is 0.400. The van der Waals surface area contributed by atoms with E-state index in [-0.39, 0.29) is 5.92 Å². The Balaban J connectivity index is 2.27. The molecule has 0 bridgehead atoms. The van der Waals surface area contributed by atoms with Crippen LogP contribution in [0.25, 0.3) is 11.5 Å². The molecule has 0 amide bonds. The number of aliphatic hydroxyl groups is 1. The molecule has 0 aliphatic rings. The smallest absolute Gasteiger partial charge is 0.232 e. The molecule has 0 aromatic carbocycles. The standard InChI is InChI=1S/C10H12N4O2/c1-6(7(2)15)10-13-9(14-16-10)8-3-4-11-5-12-8/h3-7,15H,1-2H3. The average molecular weight is 220 g/mol. The largest absolute Gasteiger partial charge is 0.393 e. The molecule has 84 valence electrons. The van der Waals surface area contributed by atoms with Crippen molar-refractivity contribution in [2.45, 2.75) is 25.9 Å². The van der Waals surface area contributed by atoms with Crippen LogP contribution in [-0.2, 0) is 0 Å². The van der Waals surface area contributed by atoms with E-state index in [9.17, 15) is 5.11 Å². The molecule has 1 N–H and O–H groups in total. The third-order valence-corrected chi connectivity index (χ3v) is 2.37. The van der Waals surface area contributed by atoms with Crippen LogP contribution in [0.1, 0.15) is 25.7 Å². The molecule has 0 aliphatic heterocycles. The van der Waals surface area contributed by atoms with E-state index >= 15 is 0 Å². The molecule has 2 rings (SSSR count). The van der Waals surface area contributed by atoms with Gasteiger partial charge in [0, 0.05) is 6.20 Å². The molecule has 2 heterocycles. The van der Waals surface area contributed by atoms with Crippen molar-refractivity contribution in [1.29, 1.82) is 0 Å². The predicted molar refractivity (Wildman–Crippen MR) is 55.4 cm³/mol. The van der Waals surface area contributed by atoms with Crippen molar-refractivity contribution >= 4 is 0 Å². The van der Waals surface area contributed by atoms with Gasteiger partial charge < -0.3 is 9.63 Å². The summed E-state index contributed by atoms with van der Waals surface area (Å²) in [5, 5.41) is 13.2. The molecular formula is C10H12N4O2. The van der Waals surface area contributed by atoms with Gasteiger partial charge in [-0.2, -0.15) is 4.98 Å². The van der Waals surface area contributed by atoms with E-state index in [2.05, 4.69) is 20.1 Å². The van der Waals surface area contributed by atoms with Crippen LogP contribution in [0.15, 0.2) is 23.1 Å². The lowest BCUT2D eigenvalue weighted by molar-refractivity contribution is 0.151. The van der Waals surface area contributed by atoms with Crippen LogP contribution < -0.4 is 0 Å². The fourth-order valence-electron chi connectivity index (χ4n) is 1.15. The zero-order valence-electron chi connectivity index (χ0n) is 9.03. The first-order chi connectivity index (χ1) is 7.68. The van der Waals surface area contributed by atoms with Crippen LogP contribution in [-0.4, -0.2) is 31.3 Å². The summed E-state index contributed by atoms with van der Waals surface area (Å²) in [7, 11) is 0. The van der Waals surface area contributed by atoms with Gasteiger partial charge in [0.05, 0.1) is 12.0 Å². The summed E-state index contributed by atoms with van der Waals surface area (Å²) in [6.45, 7) is 3.50. The summed E-state index contributed by atoms with van der Waals surface area (Å²) >= 11 is 0. The van der Waals surface area contributed by atoms with Gasteiger partial charge in [-0.25, -0.2) is 9.97 Å². The summed E-state index contributed by atoms with van der Waals surface area (Å²) in [5.74, 6) is 0.622. The Kier molecular flexibility index (Phi) is 2.91. The average Bonchev–Trinajstić information content (AvgIpc) is 2.78. The van der Waals surface area contributed by atoms with E-state index in [1.165, 1.54) is 6.33 Å². The molecule has 2 aromatic heterocycles. The second-order valence-electron chi connectivity index (χ2n) is 3.58. The van der Waals surface area contributed by atoms with Crippen LogP contribution in [0, 0.1) is 0 Å². The van der Waals surface area contributed by atoms with E-state index in [1.54, 1.807) is 19.2 Å². The molecule has 6 nitrogen and oxygen atoms in total. The first kappa shape index (κ1) is 10.7. The van der Waals surface area contributed by atoms with Gasteiger partial charge in [0.15, 0.2) is 0 Å². The Morgan fingerprint density at radius 3 is 2.81 bits per heavy atom. The Bertz CT molecular complexity index is 455. The maximum Gasteiger partial charge on any atom is 0.232 e. The molecule has 0 spiro atoms. The Hall–Kier alpha value is -1.82. The molecule has 2 unspecified atom stereocenters. The number of rotatable bonds is 3. The molecule has 2 aromatic rings. The zero-order chi connectivity index (χ0) is 11.5. The van der Waals surface area contributed by atoms with Gasteiger partial charge in [-0.15, -0.1) is 0 Å². The summed E-state index contributed by atoms with van der Waals surface area (Å²) < 4.78 is 5.06. The second kappa shape index (κ2) is 4.36. The number of hydrogen-bond donors (Lipinski definition) is 1. The SMILES string of the molecule is CC(O)C(C)c1nc(-c2ccncn2)no1.